The second-order valence-corrected chi connectivity index (χ2v) is 8.18. The van der Waals surface area contributed by atoms with E-state index in [1.54, 1.807) is 0 Å². The van der Waals surface area contributed by atoms with Crippen molar-refractivity contribution < 1.29 is 9.53 Å². The predicted molar refractivity (Wildman–Crippen MR) is 117 cm³/mol. The molecule has 0 saturated carbocycles. The molecule has 2 heterocycles. The largest absolute Gasteiger partial charge is 0.488 e. The molecule has 0 saturated heterocycles. The zero-order valence-electron chi connectivity index (χ0n) is 16.5. The van der Waals surface area contributed by atoms with Gasteiger partial charge in [0.1, 0.15) is 12.4 Å². The molecule has 0 spiro atoms. The van der Waals surface area contributed by atoms with Crippen LogP contribution in [-0.2, 0) is 17.8 Å². The van der Waals surface area contributed by atoms with Gasteiger partial charge in [-0.25, -0.2) is 0 Å². The van der Waals surface area contributed by atoms with Crippen molar-refractivity contribution in [2.75, 3.05) is 6.61 Å². The number of aromatic nitrogens is 2. The number of para-hydroxylation sites is 1. The molecule has 0 radical (unpaired) electrons. The van der Waals surface area contributed by atoms with Gasteiger partial charge in [0.25, 0.3) is 5.91 Å². The fourth-order valence-electron chi connectivity index (χ4n) is 4.17. The van der Waals surface area contributed by atoms with E-state index in [0.717, 1.165) is 46.7 Å². The molecule has 6 heteroatoms. The molecule has 0 bridgehead atoms. The number of nitrogens with one attached hydrogen (secondary N) is 1. The van der Waals surface area contributed by atoms with E-state index in [0.29, 0.717) is 12.1 Å². The Labute approximate surface area is 180 Å². The van der Waals surface area contributed by atoms with Crippen LogP contribution in [-0.4, -0.2) is 22.3 Å². The standard InChI is InChI=1S/C24H22ClN3O2/c25-19-10-8-16(9-11-19)14-28-22-6-3-5-21(20(22)13-26-28)27-24(29)18-12-17-4-1-2-7-23(17)30-15-18/h1-2,4,7-13,21H,3,5-6,14-15H2,(H,27,29)/t21-/m1/s1. The number of hydrogen-bond acceptors (Lipinski definition) is 3. The summed E-state index contributed by atoms with van der Waals surface area (Å²) >= 11 is 5.99. The zero-order chi connectivity index (χ0) is 20.5. The van der Waals surface area contributed by atoms with Crippen molar-refractivity contribution in [2.45, 2.75) is 31.8 Å². The van der Waals surface area contributed by atoms with E-state index in [1.165, 1.54) is 5.69 Å². The second kappa shape index (κ2) is 8.00. The number of rotatable bonds is 4. The minimum absolute atomic E-state index is 0.0294. The molecule has 30 heavy (non-hydrogen) atoms. The zero-order valence-corrected chi connectivity index (χ0v) is 17.2. The molecule has 1 atom stereocenters. The molecule has 5 nitrogen and oxygen atoms in total. The molecular weight excluding hydrogens is 398 g/mol. The fraction of sp³-hybridized carbons (Fsp3) is 0.250. The number of fused-ring (bicyclic) bond motifs is 2. The Morgan fingerprint density at radius 1 is 1.20 bits per heavy atom. The van der Waals surface area contributed by atoms with Crippen molar-refractivity contribution >= 4 is 23.6 Å². The van der Waals surface area contributed by atoms with Crippen LogP contribution in [0.5, 0.6) is 5.75 Å². The summed E-state index contributed by atoms with van der Waals surface area (Å²) in [5.74, 6) is 0.741. The average molecular weight is 420 g/mol. The summed E-state index contributed by atoms with van der Waals surface area (Å²) < 4.78 is 7.78. The number of nitrogens with zero attached hydrogens (tertiary/aromatic N) is 2. The van der Waals surface area contributed by atoms with Gasteiger partial charge < -0.3 is 10.1 Å². The topological polar surface area (TPSA) is 56.2 Å². The number of carbonyl (C=O) groups excluding carboxylic acids is 1. The lowest BCUT2D eigenvalue weighted by atomic mass is 9.92. The Morgan fingerprint density at radius 3 is 2.90 bits per heavy atom. The summed E-state index contributed by atoms with van der Waals surface area (Å²) in [5.41, 5.74) is 5.05. The molecule has 5 rings (SSSR count). The number of benzene rings is 2. The minimum Gasteiger partial charge on any atom is -0.488 e. The van der Waals surface area contributed by atoms with E-state index in [4.69, 9.17) is 16.3 Å². The van der Waals surface area contributed by atoms with Crippen LogP contribution in [0.15, 0.2) is 60.3 Å². The molecule has 2 aliphatic rings. The van der Waals surface area contributed by atoms with Crippen molar-refractivity contribution in [3.8, 4) is 5.75 Å². The summed E-state index contributed by atoms with van der Waals surface area (Å²) in [6.45, 7) is 0.987. The third-order valence-electron chi connectivity index (χ3n) is 5.74. The van der Waals surface area contributed by atoms with Crippen molar-refractivity contribution in [3.05, 3.63) is 87.7 Å². The summed E-state index contributed by atoms with van der Waals surface area (Å²) in [6.07, 6.45) is 6.71. The summed E-state index contributed by atoms with van der Waals surface area (Å²) in [4.78, 5) is 12.9. The predicted octanol–water partition coefficient (Wildman–Crippen LogP) is 4.55. The van der Waals surface area contributed by atoms with Gasteiger partial charge in [0.15, 0.2) is 0 Å². The number of hydrogen-bond donors (Lipinski definition) is 1. The van der Waals surface area contributed by atoms with Gasteiger partial charge in [0.05, 0.1) is 24.4 Å². The van der Waals surface area contributed by atoms with Gasteiger partial charge in [-0.15, -0.1) is 0 Å². The molecule has 1 N–H and O–H groups in total. The number of ether oxygens (including phenoxy) is 1. The first-order valence-corrected chi connectivity index (χ1v) is 10.6. The quantitative estimate of drug-likeness (QED) is 0.674. The van der Waals surface area contributed by atoms with E-state index < -0.39 is 0 Å². The Bertz CT molecular complexity index is 1120. The van der Waals surface area contributed by atoms with E-state index >= 15 is 0 Å². The fourth-order valence-corrected chi connectivity index (χ4v) is 4.29. The second-order valence-electron chi connectivity index (χ2n) is 7.75. The minimum atomic E-state index is -0.0761. The van der Waals surface area contributed by atoms with Crippen molar-refractivity contribution in [3.63, 3.8) is 0 Å². The normalized spacial score (nSPS) is 17.4. The van der Waals surface area contributed by atoms with E-state index in [1.807, 2.05) is 65.5 Å². The van der Waals surface area contributed by atoms with Crippen molar-refractivity contribution in [1.29, 1.82) is 0 Å². The highest BCUT2D eigenvalue weighted by atomic mass is 35.5. The lowest BCUT2D eigenvalue weighted by Crippen LogP contribution is -2.34. The molecule has 2 aromatic carbocycles. The van der Waals surface area contributed by atoms with E-state index in [-0.39, 0.29) is 18.6 Å². The smallest absolute Gasteiger partial charge is 0.251 e. The molecule has 152 valence electrons. The van der Waals surface area contributed by atoms with Gasteiger partial charge in [-0.3, -0.25) is 9.48 Å². The third-order valence-corrected chi connectivity index (χ3v) is 5.99. The van der Waals surface area contributed by atoms with E-state index in [2.05, 4.69) is 10.4 Å². The van der Waals surface area contributed by atoms with Crippen LogP contribution in [0.4, 0.5) is 0 Å². The highest BCUT2D eigenvalue weighted by Gasteiger charge is 2.27. The Kier molecular flexibility index (Phi) is 5.05. The maximum absolute atomic E-state index is 12.9. The SMILES string of the molecule is O=C(N[C@@H]1CCCc2c1cnn2Cc1ccc(Cl)cc1)C1=Cc2ccccc2OC1. The van der Waals surface area contributed by atoms with Crippen LogP contribution >= 0.6 is 11.6 Å². The average Bonchev–Trinajstić information content (AvgIpc) is 3.19. The van der Waals surface area contributed by atoms with Crippen molar-refractivity contribution in [1.82, 2.24) is 15.1 Å². The summed E-state index contributed by atoms with van der Waals surface area (Å²) in [7, 11) is 0. The van der Waals surface area contributed by atoms with Crippen LogP contribution in [0.2, 0.25) is 5.02 Å². The third kappa shape index (κ3) is 3.73. The number of amides is 1. The van der Waals surface area contributed by atoms with Crippen LogP contribution < -0.4 is 10.1 Å². The molecule has 0 unspecified atom stereocenters. The first-order valence-electron chi connectivity index (χ1n) is 10.2. The molecule has 3 aromatic rings. The van der Waals surface area contributed by atoms with Gasteiger partial charge in [0.2, 0.25) is 0 Å². The molecule has 1 aromatic heterocycles. The lowest BCUT2D eigenvalue weighted by molar-refractivity contribution is -0.118. The van der Waals surface area contributed by atoms with Gasteiger partial charge in [-0.1, -0.05) is 41.9 Å². The van der Waals surface area contributed by atoms with E-state index in [9.17, 15) is 4.79 Å². The van der Waals surface area contributed by atoms with Crippen LogP contribution in [0.1, 0.15) is 41.3 Å². The molecule has 0 fully saturated rings. The Morgan fingerprint density at radius 2 is 2.03 bits per heavy atom. The van der Waals surface area contributed by atoms with Crippen LogP contribution in [0, 0.1) is 0 Å². The molecule has 1 aliphatic carbocycles. The van der Waals surface area contributed by atoms with Gasteiger partial charge >= 0.3 is 0 Å². The first-order chi connectivity index (χ1) is 14.7. The Hall–Kier alpha value is -3.05. The highest BCUT2D eigenvalue weighted by molar-refractivity contribution is 6.30. The number of carbonyl (C=O) groups is 1. The molecule has 1 amide bonds. The van der Waals surface area contributed by atoms with Gasteiger partial charge in [-0.05, 0) is 49.1 Å². The highest BCUT2D eigenvalue weighted by Crippen LogP contribution is 2.31. The maximum atomic E-state index is 12.9. The lowest BCUT2D eigenvalue weighted by Gasteiger charge is -2.25. The van der Waals surface area contributed by atoms with Crippen molar-refractivity contribution in [2.24, 2.45) is 0 Å². The van der Waals surface area contributed by atoms with Gasteiger partial charge in [0, 0.05) is 21.8 Å². The summed E-state index contributed by atoms with van der Waals surface area (Å²) in [5, 5.41) is 8.54. The molecular formula is C24H22ClN3O2. The molecule has 1 aliphatic heterocycles. The first kappa shape index (κ1) is 18.9. The van der Waals surface area contributed by atoms with Crippen LogP contribution in [0.3, 0.4) is 0 Å². The number of halogens is 1. The maximum Gasteiger partial charge on any atom is 0.251 e. The monoisotopic (exact) mass is 419 g/mol. The van der Waals surface area contributed by atoms with Gasteiger partial charge in [-0.2, -0.15) is 5.10 Å². The van der Waals surface area contributed by atoms with Crippen LogP contribution in [0.25, 0.3) is 6.08 Å². The Balaban J connectivity index is 1.33. The summed E-state index contributed by atoms with van der Waals surface area (Å²) in [6, 6.07) is 15.6.